The summed E-state index contributed by atoms with van der Waals surface area (Å²) in [4.78, 5) is 23.3. The molecule has 2 aliphatic heterocycles. The summed E-state index contributed by atoms with van der Waals surface area (Å²) >= 11 is 0. The number of likely N-dealkylation sites (tertiary alicyclic amines) is 1. The molecule has 0 radical (unpaired) electrons. The van der Waals surface area contributed by atoms with Crippen LogP contribution in [0, 0.1) is 11.2 Å². The van der Waals surface area contributed by atoms with Crippen LogP contribution >= 0.6 is 0 Å². The second-order valence-electron chi connectivity index (χ2n) is 8.61. The Morgan fingerprint density at radius 2 is 1.82 bits per heavy atom. The number of nitrogens with two attached hydrogens (primary N) is 2. The lowest BCUT2D eigenvalue weighted by atomic mass is 9.78. The van der Waals surface area contributed by atoms with Crippen LogP contribution in [0.5, 0.6) is 0 Å². The van der Waals surface area contributed by atoms with Crippen molar-refractivity contribution in [3.63, 3.8) is 0 Å². The number of pyridine rings is 1. The summed E-state index contributed by atoms with van der Waals surface area (Å²) in [6.45, 7) is 2.93. The fraction of sp³-hybridized carbons (Fsp3) is 0.261. The van der Waals surface area contributed by atoms with Gasteiger partial charge in [-0.1, -0.05) is 0 Å². The van der Waals surface area contributed by atoms with Crippen molar-refractivity contribution in [3.8, 4) is 5.82 Å². The third kappa shape index (κ3) is 3.83. The molecule has 2 saturated heterocycles. The molecule has 1 amide bonds. The molecule has 0 unspecified atom stereocenters. The van der Waals surface area contributed by atoms with Crippen molar-refractivity contribution in [1.29, 1.82) is 0 Å². The quantitative estimate of drug-likeness (QED) is 0.448. The third-order valence-corrected chi connectivity index (χ3v) is 6.00. The van der Waals surface area contributed by atoms with Crippen LogP contribution in [0.4, 0.5) is 4.39 Å². The van der Waals surface area contributed by atoms with E-state index in [1.54, 1.807) is 54.6 Å². The fourth-order valence-electron chi connectivity index (χ4n) is 4.17. The maximum Gasteiger partial charge on any atom is 0.255 e. The molecule has 0 atom stereocenters. The monoisotopic (exact) mass is 449 g/mol. The van der Waals surface area contributed by atoms with E-state index in [1.807, 2.05) is 4.90 Å². The van der Waals surface area contributed by atoms with Crippen LogP contribution in [0.15, 0.2) is 55.1 Å². The average molecular weight is 449 g/mol. The van der Waals surface area contributed by atoms with Gasteiger partial charge in [0, 0.05) is 32.5 Å². The van der Waals surface area contributed by atoms with Gasteiger partial charge in [0.05, 0.1) is 29.9 Å². The van der Waals surface area contributed by atoms with Crippen LogP contribution in [0.3, 0.4) is 0 Å². The Balaban J connectivity index is 1.35. The van der Waals surface area contributed by atoms with Crippen molar-refractivity contribution in [2.45, 2.75) is 0 Å². The van der Waals surface area contributed by atoms with E-state index < -0.39 is 0 Å². The highest BCUT2D eigenvalue weighted by Crippen LogP contribution is 2.38. The lowest BCUT2D eigenvalue weighted by molar-refractivity contribution is -0.176. The topological polar surface area (TPSA) is 116 Å². The number of carbonyl (C=O) groups is 1. The van der Waals surface area contributed by atoms with Crippen molar-refractivity contribution >= 4 is 17.3 Å². The predicted molar refractivity (Wildman–Crippen MR) is 120 cm³/mol. The summed E-state index contributed by atoms with van der Waals surface area (Å²) in [6, 6.07) is 9.36. The maximum absolute atomic E-state index is 13.3. The Morgan fingerprint density at radius 1 is 1.12 bits per heavy atom. The minimum Gasteiger partial charge on any atom is -0.396 e. The zero-order chi connectivity index (χ0) is 23.2. The molecule has 2 aromatic heterocycles. The summed E-state index contributed by atoms with van der Waals surface area (Å²) < 4.78 is 20.3. The predicted octanol–water partition coefficient (Wildman–Crippen LogP) is 1.47. The number of aromatic nitrogens is 3. The van der Waals surface area contributed by atoms with E-state index in [9.17, 15) is 9.18 Å². The number of hydrogen-bond donors (Lipinski definition) is 2. The van der Waals surface area contributed by atoms with Gasteiger partial charge >= 0.3 is 0 Å². The second kappa shape index (κ2) is 7.98. The van der Waals surface area contributed by atoms with Gasteiger partial charge in [0.25, 0.3) is 5.91 Å². The molecular formula is C23H24FN7O2. The van der Waals surface area contributed by atoms with Crippen molar-refractivity contribution in [2.24, 2.45) is 17.0 Å². The molecule has 0 aliphatic carbocycles. The van der Waals surface area contributed by atoms with Gasteiger partial charge in [0.1, 0.15) is 29.4 Å². The molecular weight excluding hydrogens is 425 g/mol. The third-order valence-electron chi connectivity index (χ3n) is 6.00. The van der Waals surface area contributed by atoms with Crippen LogP contribution in [0.1, 0.15) is 21.6 Å². The highest BCUT2D eigenvalue weighted by molar-refractivity contribution is 5.94. The normalized spacial score (nSPS) is 17.2. The van der Waals surface area contributed by atoms with Crippen LogP contribution in [0.2, 0.25) is 0 Å². The molecule has 0 saturated carbocycles. The number of amides is 1. The summed E-state index contributed by atoms with van der Waals surface area (Å²) in [5, 5.41) is 1.37. The SMILES string of the molecule is CN(N)/C(=C(\N)c1ccc(F)cc1)c1cn(-c2ccc(C(=O)N3CC4(COC4)C3)cn2)cn1. The summed E-state index contributed by atoms with van der Waals surface area (Å²) in [6.07, 6.45) is 4.91. The van der Waals surface area contributed by atoms with Gasteiger partial charge in [-0.3, -0.25) is 9.36 Å². The first-order chi connectivity index (χ1) is 15.8. The Hall–Kier alpha value is -3.76. The lowest BCUT2D eigenvalue weighted by Gasteiger charge is -2.54. The molecule has 5 rings (SSSR count). The van der Waals surface area contributed by atoms with Crippen molar-refractivity contribution in [2.75, 3.05) is 33.4 Å². The largest absolute Gasteiger partial charge is 0.396 e. The molecule has 170 valence electrons. The number of nitrogens with zero attached hydrogens (tertiary/aromatic N) is 5. The zero-order valence-corrected chi connectivity index (χ0v) is 18.1. The molecule has 4 N–H and O–H groups in total. The molecule has 10 heteroatoms. The Morgan fingerprint density at radius 3 is 2.39 bits per heavy atom. The minimum atomic E-state index is -0.350. The van der Waals surface area contributed by atoms with Gasteiger partial charge in [0.2, 0.25) is 0 Å². The zero-order valence-electron chi connectivity index (χ0n) is 18.1. The van der Waals surface area contributed by atoms with E-state index in [0.29, 0.717) is 34.0 Å². The lowest BCUT2D eigenvalue weighted by Crippen LogP contribution is -2.67. The fourth-order valence-corrected chi connectivity index (χ4v) is 4.17. The molecule has 2 aliphatic rings. The molecule has 1 aromatic carbocycles. The summed E-state index contributed by atoms with van der Waals surface area (Å²) in [7, 11) is 1.65. The number of halogens is 1. The van der Waals surface area contributed by atoms with E-state index in [0.717, 1.165) is 26.3 Å². The number of imidazole rings is 1. The van der Waals surface area contributed by atoms with Gasteiger partial charge in [-0.05, 0) is 42.0 Å². The van der Waals surface area contributed by atoms with E-state index >= 15 is 0 Å². The highest BCUT2D eigenvalue weighted by Gasteiger charge is 2.50. The molecule has 4 heterocycles. The van der Waals surface area contributed by atoms with Crippen molar-refractivity contribution in [1.82, 2.24) is 24.4 Å². The van der Waals surface area contributed by atoms with Crippen molar-refractivity contribution in [3.05, 3.63) is 77.8 Å². The van der Waals surface area contributed by atoms with Crippen LogP contribution in [-0.2, 0) is 4.74 Å². The highest BCUT2D eigenvalue weighted by atomic mass is 19.1. The van der Waals surface area contributed by atoms with Crippen LogP contribution in [0.25, 0.3) is 17.2 Å². The van der Waals surface area contributed by atoms with E-state index in [2.05, 4.69) is 9.97 Å². The van der Waals surface area contributed by atoms with Gasteiger partial charge in [-0.2, -0.15) is 0 Å². The number of hydrogen-bond acceptors (Lipinski definition) is 7. The molecule has 3 aromatic rings. The standard InChI is InChI=1S/C23H24FN7O2/c1-29(26)21(20(25)15-2-5-17(24)6-3-15)18-9-30(14-28-18)19-7-4-16(8-27-19)22(32)31-10-23(11-31)12-33-13-23/h2-9,14H,10-13,25-26H2,1H3/b21-20-. The first-order valence-corrected chi connectivity index (χ1v) is 10.5. The van der Waals surface area contributed by atoms with Gasteiger partial charge in [-0.15, -0.1) is 0 Å². The first kappa shape index (κ1) is 21.1. The molecule has 0 bridgehead atoms. The number of benzene rings is 1. The average Bonchev–Trinajstić information content (AvgIpc) is 3.21. The van der Waals surface area contributed by atoms with Crippen molar-refractivity contribution < 1.29 is 13.9 Å². The molecule has 33 heavy (non-hydrogen) atoms. The number of carbonyl (C=O) groups excluding carboxylic acids is 1. The first-order valence-electron chi connectivity index (χ1n) is 10.5. The Bertz CT molecular complexity index is 1210. The number of hydrazine groups is 1. The Labute approximate surface area is 190 Å². The smallest absolute Gasteiger partial charge is 0.255 e. The van der Waals surface area contributed by atoms with Gasteiger partial charge < -0.3 is 20.4 Å². The maximum atomic E-state index is 13.3. The minimum absolute atomic E-state index is 0.0278. The van der Waals surface area contributed by atoms with Crippen LogP contribution < -0.4 is 11.6 Å². The number of ether oxygens (including phenoxy) is 1. The van der Waals surface area contributed by atoms with Crippen LogP contribution in [-0.4, -0.2) is 63.7 Å². The summed E-state index contributed by atoms with van der Waals surface area (Å²) in [5.41, 5.74) is 9.04. The van der Waals surface area contributed by atoms with E-state index in [4.69, 9.17) is 16.3 Å². The summed E-state index contributed by atoms with van der Waals surface area (Å²) in [5.74, 6) is 6.24. The molecule has 1 spiro atoms. The van der Waals surface area contributed by atoms with Gasteiger partial charge in [-0.25, -0.2) is 20.2 Å². The molecule has 9 nitrogen and oxygen atoms in total. The second-order valence-corrected chi connectivity index (χ2v) is 8.61. The Kier molecular flexibility index (Phi) is 5.10. The van der Waals surface area contributed by atoms with E-state index in [1.165, 1.54) is 17.1 Å². The molecule has 2 fully saturated rings. The van der Waals surface area contributed by atoms with E-state index in [-0.39, 0.29) is 17.1 Å². The number of rotatable bonds is 5. The van der Waals surface area contributed by atoms with Gasteiger partial charge in [0.15, 0.2) is 0 Å².